The lowest BCUT2D eigenvalue weighted by atomic mass is 9.91. The van der Waals surface area contributed by atoms with Crippen molar-refractivity contribution in [1.82, 2.24) is 0 Å². The molecule has 0 saturated carbocycles. The molecule has 145 valence electrons. The number of Topliss-reactive ketones (excluding diaryl/α,β-unsaturated/α-hetero) is 1. The van der Waals surface area contributed by atoms with Crippen molar-refractivity contribution in [2.75, 3.05) is 6.26 Å². The van der Waals surface area contributed by atoms with Gasteiger partial charge in [-0.3, -0.25) is 4.79 Å². The van der Waals surface area contributed by atoms with Gasteiger partial charge in [-0.15, -0.1) is 0 Å². The van der Waals surface area contributed by atoms with Crippen molar-refractivity contribution in [3.05, 3.63) is 77.2 Å². The first-order chi connectivity index (χ1) is 13.0. The van der Waals surface area contributed by atoms with Crippen LogP contribution in [-0.2, 0) is 14.6 Å². The molecule has 0 fully saturated rings. The fourth-order valence-electron chi connectivity index (χ4n) is 3.42. The van der Waals surface area contributed by atoms with Crippen molar-refractivity contribution in [2.45, 2.75) is 18.7 Å². The highest BCUT2D eigenvalue weighted by Gasteiger charge is 2.30. The van der Waals surface area contributed by atoms with E-state index in [4.69, 9.17) is 0 Å². The average molecular weight is 401 g/mol. The maximum Gasteiger partial charge on any atom is 0.175 e. The van der Waals surface area contributed by atoms with E-state index in [9.17, 15) is 22.0 Å². The minimum absolute atomic E-state index is 0.193. The second kappa shape index (κ2) is 7.09. The molecule has 2 aromatic carbocycles. The second-order valence-corrected chi connectivity index (χ2v) is 8.95. The van der Waals surface area contributed by atoms with Gasteiger partial charge in [-0.2, -0.15) is 0 Å². The summed E-state index contributed by atoms with van der Waals surface area (Å²) in [5.41, 5.74) is 3.67. The van der Waals surface area contributed by atoms with Gasteiger partial charge in [0.25, 0.3) is 0 Å². The Morgan fingerprint density at radius 2 is 1.61 bits per heavy atom. The zero-order valence-corrected chi connectivity index (χ0v) is 16.5. The summed E-state index contributed by atoms with van der Waals surface area (Å²) in [5.74, 6) is -2.84. The molecule has 0 saturated heterocycles. The van der Waals surface area contributed by atoms with Crippen molar-refractivity contribution in [2.24, 2.45) is 5.92 Å². The van der Waals surface area contributed by atoms with Gasteiger partial charge in [-0.25, -0.2) is 17.2 Å². The lowest BCUT2D eigenvalue weighted by molar-refractivity contribution is -0.116. The van der Waals surface area contributed by atoms with E-state index in [1.165, 1.54) is 12.1 Å². The molecule has 6 heteroatoms. The summed E-state index contributed by atoms with van der Waals surface area (Å²) in [5, 5.41) is 0. The third kappa shape index (κ3) is 3.56. The predicted molar refractivity (Wildman–Crippen MR) is 106 cm³/mol. The fraction of sp³-hybridized carbons (Fsp3) is 0.182. The van der Waals surface area contributed by atoms with Crippen LogP contribution in [0.25, 0.3) is 17.2 Å². The van der Waals surface area contributed by atoms with Crippen LogP contribution in [0.2, 0.25) is 0 Å². The maximum atomic E-state index is 13.9. The van der Waals surface area contributed by atoms with E-state index < -0.39 is 27.4 Å². The van der Waals surface area contributed by atoms with E-state index in [2.05, 4.69) is 6.92 Å². The molecule has 3 rings (SSSR count). The van der Waals surface area contributed by atoms with Gasteiger partial charge in [-0.1, -0.05) is 19.1 Å². The average Bonchev–Trinajstić information content (AvgIpc) is 2.86. The van der Waals surface area contributed by atoms with Crippen molar-refractivity contribution in [3.8, 4) is 0 Å². The van der Waals surface area contributed by atoms with E-state index in [0.717, 1.165) is 24.0 Å². The highest BCUT2D eigenvalue weighted by atomic mass is 32.2. The molecule has 28 heavy (non-hydrogen) atoms. The number of rotatable bonds is 4. The lowest BCUT2D eigenvalue weighted by Crippen LogP contribution is -2.09. The number of benzene rings is 2. The molecule has 0 N–H and O–H groups in total. The molecule has 1 aliphatic rings. The minimum Gasteiger partial charge on any atom is -0.299 e. The third-order valence-electron chi connectivity index (χ3n) is 4.98. The Kier molecular flexibility index (Phi) is 5.10. The smallest absolute Gasteiger partial charge is 0.175 e. The lowest BCUT2D eigenvalue weighted by Gasteiger charge is -2.12. The fourth-order valence-corrected chi connectivity index (χ4v) is 4.05. The molecular weight excluding hydrogens is 382 g/mol. The van der Waals surface area contributed by atoms with Gasteiger partial charge >= 0.3 is 0 Å². The molecule has 2 aromatic rings. The highest BCUT2D eigenvalue weighted by Crippen LogP contribution is 2.46. The first-order valence-corrected chi connectivity index (χ1v) is 10.5. The summed E-state index contributed by atoms with van der Waals surface area (Å²) in [6.45, 7) is 6.93. The SMILES string of the molecule is [CH2]C(=O)C(C)C1=C(C)C(=Cc2ccc(S(C)(=O)=O)cc2)c2cc(F)c(F)cc21. The largest absolute Gasteiger partial charge is 0.299 e. The number of carbonyl (C=O) groups excluding carboxylic acids is 1. The van der Waals surface area contributed by atoms with Gasteiger partial charge < -0.3 is 0 Å². The number of halogens is 2. The number of carbonyl (C=O) groups is 1. The zero-order chi connectivity index (χ0) is 20.8. The van der Waals surface area contributed by atoms with E-state index in [1.807, 2.05) is 0 Å². The van der Waals surface area contributed by atoms with Crippen molar-refractivity contribution >= 4 is 32.8 Å². The van der Waals surface area contributed by atoms with Crippen LogP contribution in [0, 0.1) is 24.5 Å². The Morgan fingerprint density at radius 1 is 1.07 bits per heavy atom. The van der Waals surface area contributed by atoms with Gasteiger partial charge in [0.05, 0.1) is 4.90 Å². The van der Waals surface area contributed by atoms with Gasteiger partial charge in [-0.05, 0) is 70.7 Å². The number of fused-ring (bicyclic) bond motifs is 1. The summed E-state index contributed by atoms with van der Waals surface area (Å²) in [6, 6.07) is 8.50. The van der Waals surface area contributed by atoms with Crippen LogP contribution in [-0.4, -0.2) is 20.5 Å². The summed E-state index contributed by atoms with van der Waals surface area (Å²) >= 11 is 0. The number of sulfone groups is 1. The minimum atomic E-state index is -3.31. The number of hydrogen-bond acceptors (Lipinski definition) is 3. The van der Waals surface area contributed by atoms with Gasteiger partial charge in [0, 0.05) is 19.1 Å². The Labute approximate surface area is 163 Å². The molecule has 0 aromatic heterocycles. The Balaban J connectivity index is 2.19. The van der Waals surface area contributed by atoms with Crippen LogP contribution in [0.3, 0.4) is 0 Å². The number of hydrogen-bond donors (Lipinski definition) is 0. The van der Waals surface area contributed by atoms with Crippen molar-refractivity contribution in [3.63, 3.8) is 0 Å². The van der Waals surface area contributed by atoms with E-state index in [-0.39, 0.29) is 10.7 Å². The Morgan fingerprint density at radius 3 is 2.11 bits per heavy atom. The van der Waals surface area contributed by atoms with Gasteiger partial charge in [0.2, 0.25) is 0 Å². The molecule has 1 atom stereocenters. The standard InChI is InChI=1S/C22H19F2O3S/c1-12(14(3)25)22-13(2)17(18-10-20(23)21(24)11-19(18)22)9-15-5-7-16(8-6-15)28(4,26)27/h5-12H,3H2,1-2,4H3. The molecule has 3 nitrogen and oxygen atoms in total. The normalized spacial score (nSPS) is 16.4. The quantitative estimate of drug-likeness (QED) is 0.744. The van der Waals surface area contributed by atoms with Gasteiger partial charge in [0.15, 0.2) is 21.5 Å². The molecule has 1 unspecified atom stereocenters. The second-order valence-electron chi connectivity index (χ2n) is 6.94. The highest BCUT2D eigenvalue weighted by molar-refractivity contribution is 7.90. The topological polar surface area (TPSA) is 51.2 Å². The Hall–Kier alpha value is -2.60. The van der Waals surface area contributed by atoms with Crippen LogP contribution < -0.4 is 0 Å². The molecule has 0 amide bonds. The van der Waals surface area contributed by atoms with Crippen LogP contribution >= 0.6 is 0 Å². The van der Waals surface area contributed by atoms with E-state index >= 15 is 0 Å². The summed E-state index contributed by atoms with van der Waals surface area (Å²) in [4.78, 5) is 12.0. The third-order valence-corrected chi connectivity index (χ3v) is 6.11. The molecular formula is C22H19F2O3S. The first kappa shape index (κ1) is 20.1. The maximum absolute atomic E-state index is 13.9. The van der Waals surface area contributed by atoms with E-state index in [0.29, 0.717) is 27.8 Å². The summed E-state index contributed by atoms with van der Waals surface area (Å²) < 4.78 is 51.0. The van der Waals surface area contributed by atoms with Crippen LogP contribution in [0.1, 0.15) is 30.5 Å². The van der Waals surface area contributed by atoms with Crippen LogP contribution in [0.5, 0.6) is 0 Å². The van der Waals surface area contributed by atoms with Crippen molar-refractivity contribution < 1.29 is 22.0 Å². The molecule has 0 bridgehead atoms. The molecule has 0 aliphatic heterocycles. The molecule has 1 radical (unpaired) electrons. The zero-order valence-electron chi connectivity index (χ0n) is 15.7. The summed E-state index contributed by atoms with van der Waals surface area (Å²) in [7, 11) is -3.31. The number of ketones is 1. The van der Waals surface area contributed by atoms with Crippen LogP contribution in [0.4, 0.5) is 8.78 Å². The summed E-state index contributed by atoms with van der Waals surface area (Å²) in [6.07, 6.45) is 2.90. The predicted octanol–water partition coefficient (Wildman–Crippen LogP) is 4.74. The molecule has 0 heterocycles. The molecule has 1 aliphatic carbocycles. The molecule has 0 spiro atoms. The Bertz CT molecular complexity index is 1140. The number of allylic oxidation sites excluding steroid dienone is 3. The van der Waals surface area contributed by atoms with Gasteiger partial charge in [0.1, 0.15) is 5.78 Å². The van der Waals surface area contributed by atoms with Crippen molar-refractivity contribution in [1.29, 1.82) is 0 Å². The van der Waals surface area contributed by atoms with Crippen LogP contribution in [0.15, 0.2) is 46.9 Å². The monoisotopic (exact) mass is 401 g/mol. The first-order valence-electron chi connectivity index (χ1n) is 8.59. The van der Waals surface area contributed by atoms with E-state index in [1.54, 1.807) is 32.1 Å².